The van der Waals surface area contributed by atoms with Crippen molar-refractivity contribution in [2.24, 2.45) is 0 Å². The molecule has 22 heavy (non-hydrogen) atoms. The van der Waals surface area contributed by atoms with Crippen LogP contribution in [0.5, 0.6) is 0 Å². The van der Waals surface area contributed by atoms with Gasteiger partial charge in [0.25, 0.3) is 0 Å². The quantitative estimate of drug-likeness (QED) is 0.896. The molecule has 1 aromatic carbocycles. The van der Waals surface area contributed by atoms with Crippen LogP contribution in [-0.4, -0.2) is 36.8 Å². The lowest BCUT2D eigenvalue weighted by Gasteiger charge is -2.33. The van der Waals surface area contributed by atoms with E-state index < -0.39 is 12.0 Å². The Hall–Kier alpha value is -1.80. The predicted molar refractivity (Wildman–Crippen MR) is 79.5 cm³/mol. The van der Waals surface area contributed by atoms with E-state index in [1.165, 1.54) is 6.07 Å². The SMILES string of the molecule is Cc1nnc2n1CC(C(=O)O)N(Cc1ccc(Br)cc1F)C2. The fourth-order valence-corrected chi connectivity index (χ4v) is 2.96. The van der Waals surface area contributed by atoms with Gasteiger partial charge in [0.1, 0.15) is 23.5 Å². The summed E-state index contributed by atoms with van der Waals surface area (Å²) < 4.78 is 16.4. The highest BCUT2D eigenvalue weighted by Crippen LogP contribution is 2.23. The van der Waals surface area contributed by atoms with Crippen molar-refractivity contribution in [1.29, 1.82) is 0 Å². The highest BCUT2D eigenvalue weighted by Gasteiger charge is 2.33. The second-order valence-corrected chi connectivity index (χ2v) is 6.18. The molecular weight excluding hydrogens is 355 g/mol. The fraction of sp³-hybridized carbons (Fsp3) is 0.357. The van der Waals surface area contributed by atoms with Crippen LogP contribution in [0.1, 0.15) is 17.2 Å². The van der Waals surface area contributed by atoms with Crippen molar-refractivity contribution in [2.45, 2.75) is 32.6 Å². The molecule has 116 valence electrons. The first kappa shape index (κ1) is 15.1. The van der Waals surface area contributed by atoms with Crippen LogP contribution in [0, 0.1) is 12.7 Å². The van der Waals surface area contributed by atoms with E-state index in [9.17, 15) is 14.3 Å². The molecule has 1 aromatic heterocycles. The number of carboxylic acids is 1. The van der Waals surface area contributed by atoms with E-state index >= 15 is 0 Å². The number of benzene rings is 1. The Kier molecular flexibility index (Phi) is 3.96. The molecule has 0 amide bonds. The maximum atomic E-state index is 14.0. The van der Waals surface area contributed by atoms with E-state index in [0.717, 1.165) is 0 Å². The Balaban J connectivity index is 1.89. The zero-order valence-electron chi connectivity index (χ0n) is 11.8. The molecule has 2 heterocycles. The van der Waals surface area contributed by atoms with Gasteiger partial charge in [0.2, 0.25) is 0 Å². The van der Waals surface area contributed by atoms with Gasteiger partial charge in [-0.15, -0.1) is 10.2 Å². The van der Waals surface area contributed by atoms with Gasteiger partial charge in [0, 0.05) is 16.6 Å². The summed E-state index contributed by atoms with van der Waals surface area (Å²) in [6.45, 7) is 2.59. The van der Waals surface area contributed by atoms with Gasteiger partial charge in [-0.05, 0) is 19.1 Å². The van der Waals surface area contributed by atoms with Crippen LogP contribution < -0.4 is 0 Å². The first-order valence-corrected chi connectivity index (χ1v) is 7.54. The summed E-state index contributed by atoms with van der Waals surface area (Å²) in [5, 5.41) is 17.5. The lowest BCUT2D eigenvalue weighted by molar-refractivity contribution is -0.145. The predicted octanol–water partition coefficient (Wildman–Crippen LogP) is 1.96. The molecule has 0 bridgehead atoms. The van der Waals surface area contributed by atoms with Crippen LogP contribution in [0.25, 0.3) is 0 Å². The summed E-state index contributed by atoms with van der Waals surface area (Å²) in [6, 6.07) is 4.04. The number of aliphatic carboxylic acids is 1. The van der Waals surface area contributed by atoms with Gasteiger partial charge < -0.3 is 9.67 Å². The molecule has 1 atom stereocenters. The van der Waals surface area contributed by atoms with Gasteiger partial charge in [-0.25, -0.2) is 4.39 Å². The van der Waals surface area contributed by atoms with Crippen molar-refractivity contribution in [3.8, 4) is 0 Å². The summed E-state index contributed by atoms with van der Waals surface area (Å²) in [4.78, 5) is 13.2. The summed E-state index contributed by atoms with van der Waals surface area (Å²) in [5.74, 6) is 0.0984. The zero-order valence-corrected chi connectivity index (χ0v) is 13.4. The monoisotopic (exact) mass is 368 g/mol. The molecular formula is C14H14BrFN4O2. The maximum Gasteiger partial charge on any atom is 0.322 e. The smallest absolute Gasteiger partial charge is 0.322 e. The summed E-state index contributed by atoms with van der Waals surface area (Å²) in [5.41, 5.74) is 0.458. The van der Waals surface area contributed by atoms with E-state index in [0.29, 0.717) is 28.2 Å². The van der Waals surface area contributed by atoms with Crippen molar-refractivity contribution in [1.82, 2.24) is 19.7 Å². The number of hydrogen-bond acceptors (Lipinski definition) is 4. The second-order valence-electron chi connectivity index (χ2n) is 5.27. The normalized spacial score (nSPS) is 18.2. The molecule has 1 aliphatic heterocycles. The third kappa shape index (κ3) is 2.76. The number of carbonyl (C=O) groups is 1. The standard InChI is InChI=1S/C14H14BrFN4O2/c1-8-17-18-13-7-19(12(14(21)22)6-20(8)13)5-9-2-3-10(15)4-11(9)16/h2-4,12H,5-7H2,1H3,(H,21,22). The highest BCUT2D eigenvalue weighted by atomic mass is 79.9. The van der Waals surface area contributed by atoms with Crippen molar-refractivity contribution in [2.75, 3.05) is 0 Å². The van der Waals surface area contributed by atoms with Gasteiger partial charge >= 0.3 is 5.97 Å². The number of fused-ring (bicyclic) bond motifs is 1. The molecule has 0 aliphatic carbocycles. The third-order valence-corrected chi connectivity index (χ3v) is 4.32. The molecule has 0 spiro atoms. The number of hydrogen-bond donors (Lipinski definition) is 1. The molecule has 6 nitrogen and oxygen atoms in total. The van der Waals surface area contributed by atoms with E-state index in [1.807, 2.05) is 0 Å². The molecule has 0 saturated heterocycles. The van der Waals surface area contributed by atoms with Crippen LogP contribution in [0.3, 0.4) is 0 Å². The first-order valence-electron chi connectivity index (χ1n) is 6.75. The lowest BCUT2D eigenvalue weighted by atomic mass is 10.1. The minimum Gasteiger partial charge on any atom is -0.480 e. The minimum absolute atomic E-state index is 0.210. The first-order chi connectivity index (χ1) is 10.5. The molecule has 0 saturated carbocycles. The minimum atomic E-state index is -0.934. The summed E-state index contributed by atoms with van der Waals surface area (Å²) in [7, 11) is 0. The zero-order chi connectivity index (χ0) is 15.9. The van der Waals surface area contributed by atoms with Crippen LogP contribution in [-0.2, 0) is 24.4 Å². The Labute approximate surface area is 134 Å². The number of nitrogens with zero attached hydrogens (tertiary/aromatic N) is 4. The van der Waals surface area contributed by atoms with E-state index in [1.54, 1.807) is 28.5 Å². The van der Waals surface area contributed by atoms with E-state index in [-0.39, 0.29) is 18.9 Å². The molecule has 1 N–H and O–H groups in total. The number of carboxylic acid groups (broad SMARTS) is 1. The third-order valence-electron chi connectivity index (χ3n) is 3.83. The average molecular weight is 369 g/mol. The van der Waals surface area contributed by atoms with E-state index in [4.69, 9.17) is 0 Å². The van der Waals surface area contributed by atoms with Crippen molar-refractivity contribution in [3.63, 3.8) is 0 Å². The fourth-order valence-electron chi connectivity index (χ4n) is 2.63. The van der Waals surface area contributed by atoms with Crippen molar-refractivity contribution >= 4 is 21.9 Å². The molecule has 8 heteroatoms. The van der Waals surface area contributed by atoms with Gasteiger partial charge in [0.05, 0.1) is 13.1 Å². The Morgan fingerprint density at radius 3 is 2.95 bits per heavy atom. The summed E-state index contributed by atoms with van der Waals surface area (Å²) in [6.07, 6.45) is 0. The Bertz CT molecular complexity index is 734. The van der Waals surface area contributed by atoms with Gasteiger partial charge in [-0.2, -0.15) is 0 Å². The molecule has 2 aromatic rings. The van der Waals surface area contributed by atoms with Crippen LogP contribution in [0.4, 0.5) is 4.39 Å². The largest absolute Gasteiger partial charge is 0.480 e. The number of aryl methyl sites for hydroxylation is 1. The van der Waals surface area contributed by atoms with Crippen LogP contribution in [0.15, 0.2) is 22.7 Å². The molecule has 1 unspecified atom stereocenters. The molecule has 3 rings (SSSR count). The molecule has 0 fully saturated rings. The van der Waals surface area contributed by atoms with Gasteiger partial charge in [0.15, 0.2) is 0 Å². The highest BCUT2D eigenvalue weighted by molar-refractivity contribution is 9.10. The molecule has 0 radical (unpaired) electrons. The molecule has 1 aliphatic rings. The average Bonchev–Trinajstić information content (AvgIpc) is 2.82. The number of halogens is 2. The van der Waals surface area contributed by atoms with Crippen LogP contribution >= 0.6 is 15.9 Å². The number of rotatable bonds is 3. The summed E-state index contributed by atoms with van der Waals surface area (Å²) >= 11 is 3.21. The number of aromatic nitrogens is 3. The second kappa shape index (κ2) is 5.77. The van der Waals surface area contributed by atoms with Gasteiger partial charge in [-0.1, -0.05) is 22.0 Å². The Morgan fingerprint density at radius 1 is 1.50 bits per heavy atom. The topological polar surface area (TPSA) is 71.2 Å². The van der Waals surface area contributed by atoms with Crippen molar-refractivity contribution < 1.29 is 14.3 Å². The van der Waals surface area contributed by atoms with Crippen molar-refractivity contribution in [3.05, 3.63) is 45.7 Å². The van der Waals surface area contributed by atoms with Crippen LogP contribution in [0.2, 0.25) is 0 Å². The maximum absolute atomic E-state index is 14.0. The van der Waals surface area contributed by atoms with Gasteiger partial charge in [-0.3, -0.25) is 9.69 Å². The van der Waals surface area contributed by atoms with E-state index in [2.05, 4.69) is 26.1 Å². The Morgan fingerprint density at radius 2 is 2.27 bits per heavy atom. The lowest BCUT2D eigenvalue weighted by Crippen LogP contribution is -2.47.